The molecule has 0 aromatic rings. The Morgan fingerprint density at radius 1 is 1.60 bits per heavy atom. The van der Waals surface area contributed by atoms with Gasteiger partial charge in [0.15, 0.2) is 0 Å². The first-order chi connectivity index (χ1) is 4.39. The number of aliphatic hydroxyl groups is 1. The molecule has 62 valence electrons. The monoisotopic (exact) mass is 232 g/mol. The van der Waals surface area contributed by atoms with Gasteiger partial charge in [-0.3, -0.25) is 4.55 Å². The molecule has 10 heavy (non-hydrogen) atoms. The highest BCUT2D eigenvalue weighted by atomic mass is 79.9. The number of aliphatic hydroxyl groups excluding tert-OH is 1. The van der Waals surface area contributed by atoms with E-state index >= 15 is 0 Å². The third kappa shape index (κ3) is 2.96. The van der Waals surface area contributed by atoms with Crippen LogP contribution in [0, 0.1) is 0 Å². The molecule has 0 saturated carbocycles. The van der Waals surface area contributed by atoms with E-state index in [0.717, 1.165) is 0 Å². The number of rotatable bonds is 3. The number of hydrogen-bond acceptors (Lipinski definition) is 3. The van der Waals surface area contributed by atoms with Gasteiger partial charge in [-0.15, -0.1) is 0 Å². The van der Waals surface area contributed by atoms with Gasteiger partial charge in [0.05, 0.1) is 6.61 Å². The smallest absolute Gasteiger partial charge is 0.271 e. The van der Waals surface area contributed by atoms with Gasteiger partial charge < -0.3 is 5.11 Å². The number of halogens is 1. The summed E-state index contributed by atoms with van der Waals surface area (Å²) in [6.07, 6.45) is 0. The van der Waals surface area contributed by atoms with E-state index < -0.39 is 26.8 Å². The molecule has 0 spiro atoms. The molecule has 0 bridgehead atoms. The van der Waals surface area contributed by atoms with E-state index in [-0.39, 0.29) is 0 Å². The van der Waals surface area contributed by atoms with Crippen LogP contribution in [0.3, 0.4) is 0 Å². The zero-order valence-electron chi connectivity index (χ0n) is 5.36. The highest BCUT2D eigenvalue weighted by molar-refractivity contribution is 9.09. The summed E-state index contributed by atoms with van der Waals surface area (Å²) in [5, 5.41) is 7.33. The van der Waals surface area contributed by atoms with Crippen molar-refractivity contribution in [3.05, 3.63) is 0 Å². The molecule has 0 aromatic carbocycles. The summed E-state index contributed by atoms with van der Waals surface area (Å²) in [5.41, 5.74) is 0. The zero-order chi connectivity index (χ0) is 8.36. The fourth-order valence-corrected chi connectivity index (χ4v) is 2.12. The molecule has 0 aliphatic carbocycles. The molecule has 0 saturated heterocycles. The van der Waals surface area contributed by atoms with Crippen LogP contribution in [-0.2, 0) is 10.1 Å². The van der Waals surface area contributed by atoms with Crippen LogP contribution in [0.2, 0.25) is 0 Å². The van der Waals surface area contributed by atoms with Gasteiger partial charge in [-0.05, 0) is 0 Å². The van der Waals surface area contributed by atoms with Crippen molar-refractivity contribution in [2.45, 2.75) is 17.0 Å². The van der Waals surface area contributed by atoms with Crippen molar-refractivity contribution in [1.82, 2.24) is 0 Å². The summed E-state index contributed by atoms with van der Waals surface area (Å²) in [7, 11) is -4.11. The highest BCUT2D eigenvalue weighted by Gasteiger charge is 2.26. The molecule has 4 nitrogen and oxygen atoms in total. The molecule has 0 aliphatic heterocycles. The van der Waals surface area contributed by atoms with E-state index in [1.165, 1.54) is 6.92 Å². The van der Waals surface area contributed by atoms with E-state index in [1.807, 2.05) is 0 Å². The largest absolute Gasteiger partial charge is 0.395 e. The molecule has 2 unspecified atom stereocenters. The number of hydrogen-bond donors (Lipinski definition) is 2. The van der Waals surface area contributed by atoms with E-state index in [9.17, 15) is 8.42 Å². The van der Waals surface area contributed by atoms with Crippen LogP contribution in [0.5, 0.6) is 0 Å². The average Bonchev–Trinajstić information content (AvgIpc) is 1.60. The first-order valence-corrected chi connectivity index (χ1v) is 5.02. The Morgan fingerprint density at radius 2 is 2.00 bits per heavy atom. The normalized spacial score (nSPS) is 18.4. The van der Waals surface area contributed by atoms with Crippen LogP contribution in [0.25, 0.3) is 0 Å². The Kier molecular flexibility index (Phi) is 3.79. The lowest BCUT2D eigenvalue weighted by Gasteiger charge is -2.11. The molecule has 6 heteroatoms. The third-order valence-electron chi connectivity index (χ3n) is 1.07. The van der Waals surface area contributed by atoms with Crippen LogP contribution in [0.1, 0.15) is 6.92 Å². The zero-order valence-corrected chi connectivity index (χ0v) is 7.76. The van der Waals surface area contributed by atoms with Crippen molar-refractivity contribution in [2.75, 3.05) is 6.61 Å². The van der Waals surface area contributed by atoms with Gasteiger partial charge in [0.2, 0.25) is 0 Å². The van der Waals surface area contributed by atoms with Gasteiger partial charge in [-0.1, -0.05) is 22.9 Å². The molecular weight excluding hydrogens is 224 g/mol. The van der Waals surface area contributed by atoms with Gasteiger partial charge in [0, 0.05) is 4.83 Å². The molecule has 0 amide bonds. The van der Waals surface area contributed by atoms with Crippen molar-refractivity contribution in [3.63, 3.8) is 0 Å². The van der Waals surface area contributed by atoms with E-state index in [1.54, 1.807) is 0 Å². The predicted octanol–water partition coefficient (Wildman–Crippen LogP) is 0.0185. The SMILES string of the molecule is CC(Br)C(CO)S(=O)(=O)O. The molecule has 0 radical (unpaired) electrons. The Hall–Kier alpha value is 0.350. The molecule has 2 atom stereocenters. The van der Waals surface area contributed by atoms with Crippen molar-refractivity contribution in [1.29, 1.82) is 0 Å². The van der Waals surface area contributed by atoms with Gasteiger partial charge in [-0.2, -0.15) is 8.42 Å². The van der Waals surface area contributed by atoms with Crippen LogP contribution in [-0.4, -0.2) is 34.8 Å². The highest BCUT2D eigenvalue weighted by Crippen LogP contribution is 2.11. The van der Waals surface area contributed by atoms with Crippen molar-refractivity contribution in [3.8, 4) is 0 Å². The summed E-state index contributed by atoms with van der Waals surface area (Å²) < 4.78 is 29.2. The number of alkyl halides is 1. The Bertz CT molecular complexity index is 185. The Morgan fingerprint density at radius 3 is 2.00 bits per heavy atom. The van der Waals surface area contributed by atoms with Crippen molar-refractivity contribution >= 4 is 26.0 Å². The second-order valence-electron chi connectivity index (χ2n) is 1.91. The van der Waals surface area contributed by atoms with E-state index in [2.05, 4.69) is 15.9 Å². The van der Waals surface area contributed by atoms with Gasteiger partial charge in [0.25, 0.3) is 10.1 Å². The summed E-state index contributed by atoms with van der Waals surface area (Å²) in [6.45, 7) is 0.958. The second-order valence-corrected chi connectivity index (χ2v) is 4.99. The van der Waals surface area contributed by atoms with E-state index in [4.69, 9.17) is 9.66 Å². The molecule has 0 rings (SSSR count). The standard InChI is InChI=1S/C4H9BrO4S/c1-3(5)4(2-6)10(7,8)9/h3-4,6H,2H2,1H3,(H,7,8,9). The van der Waals surface area contributed by atoms with Crippen LogP contribution >= 0.6 is 15.9 Å². The van der Waals surface area contributed by atoms with E-state index in [0.29, 0.717) is 0 Å². The molecule has 2 N–H and O–H groups in total. The summed E-state index contributed by atoms with van der Waals surface area (Å²) >= 11 is 2.94. The Balaban J connectivity index is 4.38. The lowest BCUT2D eigenvalue weighted by Crippen LogP contribution is -2.31. The quantitative estimate of drug-likeness (QED) is 0.532. The van der Waals surface area contributed by atoms with Gasteiger partial charge >= 0.3 is 0 Å². The lowest BCUT2D eigenvalue weighted by molar-refractivity contribution is 0.284. The minimum Gasteiger partial charge on any atom is -0.395 e. The minimum absolute atomic E-state index is 0.451. The van der Waals surface area contributed by atoms with Crippen molar-refractivity contribution in [2.24, 2.45) is 0 Å². The molecular formula is C4H9BrO4S. The summed E-state index contributed by atoms with van der Waals surface area (Å²) in [5.74, 6) is 0. The lowest BCUT2D eigenvalue weighted by atomic mass is 10.3. The predicted molar refractivity (Wildman–Crippen MR) is 40.8 cm³/mol. The third-order valence-corrected chi connectivity index (χ3v) is 3.39. The first kappa shape index (κ1) is 10.3. The van der Waals surface area contributed by atoms with Crippen LogP contribution < -0.4 is 0 Å². The maximum Gasteiger partial charge on any atom is 0.271 e. The molecule has 0 aliphatic rings. The van der Waals surface area contributed by atoms with Gasteiger partial charge in [-0.25, -0.2) is 0 Å². The molecule has 0 fully saturated rings. The molecule has 0 aromatic heterocycles. The van der Waals surface area contributed by atoms with Crippen LogP contribution in [0.15, 0.2) is 0 Å². The maximum atomic E-state index is 10.4. The van der Waals surface area contributed by atoms with Gasteiger partial charge in [0.1, 0.15) is 5.25 Å². The average molecular weight is 233 g/mol. The van der Waals surface area contributed by atoms with Crippen LogP contribution in [0.4, 0.5) is 0 Å². The molecule has 0 heterocycles. The first-order valence-electron chi connectivity index (χ1n) is 2.60. The maximum absolute atomic E-state index is 10.4. The second kappa shape index (κ2) is 3.66. The summed E-state index contributed by atoms with van der Waals surface area (Å²) in [4.78, 5) is -0.451. The fraction of sp³-hybridized carbons (Fsp3) is 1.00. The summed E-state index contributed by atoms with van der Waals surface area (Å²) in [6, 6.07) is 0. The Labute approximate surface area is 68.1 Å². The van der Waals surface area contributed by atoms with Crippen molar-refractivity contribution < 1.29 is 18.1 Å². The fourth-order valence-electron chi connectivity index (χ4n) is 0.476. The minimum atomic E-state index is -4.11. The topological polar surface area (TPSA) is 74.6 Å².